The maximum atomic E-state index is 12.7. The van der Waals surface area contributed by atoms with Gasteiger partial charge in [0.05, 0.1) is 12.3 Å². The van der Waals surface area contributed by atoms with Crippen LogP contribution in [0.2, 0.25) is 0 Å². The molecule has 0 amide bonds. The Labute approximate surface area is 115 Å². The van der Waals surface area contributed by atoms with Crippen LogP contribution in [0.5, 0.6) is 5.75 Å². The molecule has 6 heteroatoms. The summed E-state index contributed by atoms with van der Waals surface area (Å²) in [7, 11) is 0. The third-order valence-electron chi connectivity index (χ3n) is 2.70. The van der Waals surface area contributed by atoms with Crippen LogP contribution in [0.4, 0.5) is 4.39 Å². The molecule has 3 N–H and O–H groups in total. The van der Waals surface area contributed by atoms with Crippen LogP contribution in [0.15, 0.2) is 35.1 Å². The maximum Gasteiger partial charge on any atom is 0.251 e. The molecule has 106 valence electrons. The minimum Gasteiger partial charge on any atom is -0.493 e. The van der Waals surface area contributed by atoms with E-state index >= 15 is 0 Å². The summed E-state index contributed by atoms with van der Waals surface area (Å²) in [6, 6.07) is 6.83. The first kappa shape index (κ1) is 14.2. The van der Waals surface area contributed by atoms with E-state index in [1.165, 1.54) is 18.2 Å². The highest BCUT2D eigenvalue weighted by Crippen LogP contribution is 2.11. The Kier molecular flexibility index (Phi) is 4.47. The molecule has 1 aromatic carbocycles. The zero-order chi connectivity index (χ0) is 14.5. The number of H-pyrrole nitrogens is 1. The van der Waals surface area contributed by atoms with Crippen LogP contribution in [0.3, 0.4) is 0 Å². The van der Waals surface area contributed by atoms with Crippen LogP contribution in [0.25, 0.3) is 0 Å². The Balaban J connectivity index is 1.97. The van der Waals surface area contributed by atoms with E-state index in [0.717, 1.165) is 0 Å². The van der Waals surface area contributed by atoms with Crippen molar-refractivity contribution in [1.29, 1.82) is 0 Å². The van der Waals surface area contributed by atoms with E-state index in [1.807, 2.05) is 0 Å². The number of benzene rings is 1. The van der Waals surface area contributed by atoms with Crippen molar-refractivity contribution in [2.45, 2.75) is 19.4 Å². The number of ether oxygens (including phenoxy) is 1. The van der Waals surface area contributed by atoms with Crippen LogP contribution in [0, 0.1) is 5.82 Å². The van der Waals surface area contributed by atoms with Gasteiger partial charge in [-0.3, -0.25) is 4.79 Å². The molecule has 0 aliphatic carbocycles. The fourth-order valence-corrected chi connectivity index (χ4v) is 1.68. The van der Waals surface area contributed by atoms with Gasteiger partial charge in [-0.1, -0.05) is 0 Å². The lowest BCUT2D eigenvalue weighted by molar-refractivity contribution is 0.318. The Morgan fingerprint density at radius 3 is 2.75 bits per heavy atom. The summed E-state index contributed by atoms with van der Waals surface area (Å²) < 4.78 is 18.2. The Bertz CT molecular complexity index is 623. The highest BCUT2D eigenvalue weighted by molar-refractivity contribution is 5.22. The molecule has 0 spiro atoms. The summed E-state index contributed by atoms with van der Waals surface area (Å²) in [5, 5.41) is 0. The first-order chi connectivity index (χ1) is 9.54. The summed E-state index contributed by atoms with van der Waals surface area (Å²) >= 11 is 0. The zero-order valence-electron chi connectivity index (χ0n) is 11.1. The molecule has 5 nitrogen and oxygen atoms in total. The number of aromatic amines is 1. The van der Waals surface area contributed by atoms with Crippen molar-refractivity contribution in [1.82, 2.24) is 9.97 Å². The third-order valence-corrected chi connectivity index (χ3v) is 2.70. The number of nitrogens with two attached hydrogens (primary N) is 1. The molecule has 20 heavy (non-hydrogen) atoms. The van der Waals surface area contributed by atoms with Gasteiger partial charge in [-0.25, -0.2) is 9.37 Å². The highest BCUT2D eigenvalue weighted by atomic mass is 19.1. The largest absolute Gasteiger partial charge is 0.493 e. The quantitative estimate of drug-likeness (QED) is 0.869. The van der Waals surface area contributed by atoms with Crippen LogP contribution >= 0.6 is 0 Å². The predicted molar refractivity (Wildman–Crippen MR) is 73.1 cm³/mol. The van der Waals surface area contributed by atoms with Crippen molar-refractivity contribution < 1.29 is 9.13 Å². The van der Waals surface area contributed by atoms with E-state index in [4.69, 9.17) is 10.5 Å². The van der Waals surface area contributed by atoms with Gasteiger partial charge >= 0.3 is 0 Å². The number of nitrogens with zero attached hydrogens (tertiary/aromatic N) is 1. The molecule has 0 aliphatic heterocycles. The van der Waals surface area contributed by atoms with Gasteiger partial charge in [-0.15, -0.1) is 0 Å². The van der Waals surface area contributed by atoms with Gasteiger partial charge in [0.2, 0.25) is 0 Å². The predicted octanol–water partition coefficient (Wildman–Crippen LogP) is 1.55. The number of halogens is 1. The molecule has 0 bridgehead atoms. The second-order valence-electron chi connectivity index (χ2n) is 4.46. The van der Waals surface area contributed by atoms with E-state index < -0.39 is 0 Å². The van der Waals surface area contributed by atoms with E-state index in [9.17, 15) is 9.18 Å². The second-order valence-corrected chi connectivity index (χ2v) is 4.46. The molecule has 2 aromatic rings. The number of nitrogens with one attached hydrogen (secondary N) is 1. The molecule has 0 saturated carbocycles. The molecular weight excluding hydrogens is 261 g/mol. The third kappa shape index (κ3) is 3.89. The standard InChI is InChI=1S/C14H16FN3O2/c1-9(16)12-8-14(19)18-13(17-12)6-7-20-11-4-2-10(15)3-5-11/h2-5,8-9H,6-7,16H2,1H3,(H,17,18,19). The molecule has 1 unspecified atom stereocenters. The highest BCUT2D eigenvalue weighted by Gasteiger charge is 2.05. The molecule has 1 atom stereocenters. The van der Waals surface area contributed by atoms with Gasteiger partial charge < -0.3 is 15.5 Å². The van der Waals surface area contributed by atoms with Crippen molar-refractivity contribution in [3.05, 3.63) is 58.0 Å². The molecule has 0 saturated heterocycles. The van der Waals surface area contributed by atoms with Gasteiger partial charge in [-0.2, -0.15) is 0 Å². The smallest absolute Gasteiger partial charge is 0.251 e. The zero-order valence-corrected chi connectivity index (χ0v) is 11.1. The summed E-state index contributed by atoms with van der Waals surface area (Å²) in [6.45, 7) is 2.09. The SMILES string of the molecule is CC(N)c1cc(=O)[nH]c(CCOc2ccc(F)cc2)n1. The van der Waals surface area contributed by atoms with E-state index in [0.29, 0.717) is 30.3 Å². The van der Waals surface area contributed by atoms with Crippen molar-refractivity contribution in [3.8, 4) is 5.75 Å². The van der Waals surface area contributed by atoms with Crippen LogP contribution in [-0.2, 0) is 6.42 Å². The molecule has 0 radical (unpaired) electrons. The number of hydrogen-bond acceptors (Lipinski definition) is 4. The normalized spacial score (nSPS) is 12.2. The van der Waals surface area contributed by atoms with Crippen LogP contribution in [0.1, 0.15) is 24.5 Å². The fourth-order valence-electron chi connectivity index (χ4n) is 1.68. The van der Waals surface area contributed by atoms with Gasteiger partial charge in [0.1, 0.15) is 17.4 Å². The molecule has 0 fully saturated rings. The summed E-state index contributed by atoms with van der Waals surface area (Å²) in [5.41, 5.74) is 6.02. The average Bonchev–Trinajstić information content (AvgIpc) is 2.40. The minimum atomic E-state index is -0.312. The molecule has 1 heterocycles. The van der Waals surface area contributed by atoms with E-state index in [1.54, 1.807) is 19.1 Å². The molecule has 1 aromatic heterocycles. The first-order valence-corrected chi connectivity index (χ1v) is 6.28. The van der Waals surface area contributed by atoms with Crippen LogP contribution in [-0.4, -0.2) is 16.6 Å². The summed E-state index contributed by atoms with van der Waals surface area (Å²) in [4.78, 5) is 18.3. The minimum absolute atomic E-state index is 0.232. The van der Waals surface area contributed by atoms with E-state index in [-0.39, 0.29) is 17.4 Å². The monoisotopic (exact) mass is 277 g/mol. The average molecular weight is 277 g/mol. The lowest BCUT2D eigenvalue weighted by Gasteiger charge is -2.08. The molecule has 2 rings (SSSR count). The molecule has 0 aliphatic rings. The number of aromatic nitrogens is 2. The number of rotatable bonds is 5. The van der Waals surface area contributed by atoms with Crippen LogP contribution < -0.4 is 16.0 Å². The Hall–Kier alpha value is -2.21. The lowest BCUT2D eigenvalue weighted by atomic mass is 10.2. The first-order valence-electron chi connectivity index (χ1n) is 6.28. The topological polar surface area (TPSA) is 81.0 Å². The summed E-state index contributed by atoms with van der Waals surface area (Å²) in [5.74, 6) is 0.775. The Morgan fingerprint density at radius 1 is 1.40 bits per heavy atom. The fraction of sp³-hybridized carbons (Fsp3) is 0.286. The molecular formula is C14H16FN3O2. The van der Waals surface area contributed by atoms with Gasteiger partial charge in [0.15, 0.2) is 0 Å². The lowest BCUT2D eigenvalue weighted by Crippen LogP contribution is -2.18. The van der Waals surface area contributed by atoms with Crippen molar-refractivity contribution in [2.75, 3.05) is 6.61 Å². The maximum absolute atomic E-state index is 12.7. The van der Waals surface area contributed by atoms with Gasteiger partial charge in [-0.05, 0) is 31.2 Å². The Morgan fingerprint density at radius 2 is 2.10 bits per heavy atom. The van der Waals surface area contributed by atoms with Crippen molar-refractivity contribution in [2.24, 2.45) is 5.73 Å². The van der Waals surface area contributed by atoms with Crippen molar-refractivity contribution in [3.63, 3.8) is 0 Å². The van der Waals surface area contributed by atoms with E-state index in [2.05, 4.69) is 9.97 Å². The van der Waals surface area contributed by atoms with Gasteiger partial charge in [0, 0.05) is 18.5 Å². The van der Waals surface area contributed by atoms with Crippen molar-refractivity contribution >= 4 is 0 Å². The van der Waals surface area contributed by atoms with Gasteiger partial charge in [0.25, 0.3) is 5.56 Å². The number of hydrogen-bond donors (Lipinski definition) is 2. The summed E-state index contributed by atoms with van der Waals surface area (Å²) in [6.07, 6.45) is 0.438. The second kappa shape index (κ2) is 6.29.